The first-order valence-corrected chi connectivity index (χ1v) is 3.91. The van der Waals surface area contributed by atoms with E-state index in [9.17, 15) is 4.79 Å². The summed E-state index contributed by atoms with van der Waals surface area (Å²) in [6, 6.07) is 0. The van der Waals surface area contributed by atoms with E-state index in [2.05, 4.69) is 17.5 Å². The summed E-state index contributed by atoms with van der Waals surface area (Å²) >= 11 is 0. The Hall–Kier alpha value is -0.990. The predicted octanol–water partition coefficient (Wildman–Crippen LogP) is 1.61. The van der Waals surface area contributed by atoms with Crippen LogP contribution in [0.4, 0.5) is 4.79 Å². The van der Waals surface area contributed by atoms with Crippen molar-refractivity contribution in [3.8, 4) is 0 Å². The zero-order valence-corrected chi connectivity index (χ0v) is 6.42. The molecule has 0 aromatic heterocycles. The van der Waals surface area contributed by atoms with Gasteiger partial charge in [0.1, 0.15) is 0 Å². The van der Waals surface area contributed by atoms with Crippen LogP contribution in [0.1, 0.15) is 19.3 Å². The first-order valence-electron chi connectivity index (χ1n) is 3.91. The fourth-order valence-electron chi connectivity index (χ4n) is 1.27. The molecule has 1 rings (SSSR count). The van der Waals surface area contributed by atoms with E-state index in [1.807, 2.05) is 0 Å². The fraction of sp³-hybridized carbons (Fsp3) is 0.625. The molecule has 0 radical (unpaired) electrons. The van der Waals surface area contributed by atoms with Gasteiger partial charge in [0, 0.05) is 6.54 Å². The van der Waals surface area contributed by atoms with Crippen molar-refractivity contribution in [1.29, 1.82) is 0 Å². The third kappa shape index (κ3) is 3.07. The Morgan fingerprint density at radius 3 is 3.00 bits per heavy atom. The minimum atomic E-state index is -0.917. The van der Waals surface area contributed by atoms with E-state index >= 15 is 0 Å². The first-order chi connectivity index (χ1) is 5.29. The molecule has 1 aliphatic carbocycles. The van der Waals surface area contributed by atoms with Crippen LogP contribution in [-0.2, 0) is 0 Å². The lowest BCUT2D eigenvalue weighted by molar-refractivity contribution is 0.192. The summed E-state index contributed by atoms with van der Waals surface area (Å²) in [4.78, 5) is 10.1. The van der Waals surface area contributed by atoms with Crippen LogP contribution in [0.2, 0.25) is 0 Å². The Kier molecular flexibility index (Phi) is 2.95. The zero-order valence-electron chi connectivity index (χ0n) is 6.42. The van der Waals surface area contributed by atoms with Crippen molar-refractivity contribution in [3.63, 3.8) is 0 Å². The lowest BCUT2D eigenvalue weighted by Gasteiger charge is -2.16. The third-order valence-corrected chi connectivity index (χ3v) is 1.92. The molecular weight excluding hydrogens is 142 g/mol. The third-order valence-electron chi connectivity index (χ3n) is 1.92. The van der Waals surface area contributed by atoms with Gasteiger partial charge in [-0.2, -0.15) is 0 Å². The predicted molar refractivity (Wildman–Crippen MR) is 42.5 cm³/mol. The second-order valence-corrected chi connectivity index (χ2v) is 2.84. The largest absolute Gasteiger partial charge is 0.465 e. The lowest BCUT2D eigenvalue weighted by atomic mass is 9.95. The summed E-state index contributed by atoms with van der Waals surface area (Å²) in [7, 11) is 0. The van der Waals surface area contributed by atoms with Crippen LogP contribution in [0.15, 0.2) is 12.2 Å². The first kappa shape index (κ1) is 8.11. The maximum atomic E-state index is 10.1. The van der Waals surface area contributed by atoms with Gasteiger partial charge in [0.15, 0.2) is 0 Å². The molecule has 3 nitrogen and oxygen atoms in total. The summed E-state index contributed by atoms with van der Waals surface area (Å²) in [5, 5.41) is 10.7. The van der Waals surface area contributed by atoms with Gasteiger partial charge in [-0.1, -0.05) is 12.2 Å². The van der Waals surface area contributed by atoms with E-state index in [0.717, 1.165) is 19.3 Å². The molecule has 0 aliphatic heterocycles. The molecule has 1 unspecified atom stereocenters. The van der Waals surface area contributed by atoms with Crippen molar-refractivity contribution in [1.82, 2.24) is 5.32 Å². The van der Waals surface area contributed by atoms with Crippen molar-refractivity contribution < 1.29 is 9.90 Å². The van der Waals surface area contributed by atoms with Gasteiger partial charge in [0.25, 0.3) is 0 Å². The highest BCUT2D eigenvalue weighted by molar-refractivity contribution is 5.64. The smallest absolute Gasteiger partial charge is 0.404 e. The van der Waals surface area contributed by atoms with E-state index in [1.54, 1.807) is 0 Å². The van der Waals surface area contributed by atoms with Crippen LogP contribution in [0.3, 0.4) is 0 Å². The molecule has 0 bridgehead atoms. The number of rotatable bonds is 2. The minimum Gasteiger partial charge on any atom is -0.465 e. The molecule has 0 aromatic carbocycles. The molecule has 1 atom stereocenters. The Bertz CT molecular complexity index is 165. The molecule has 0 fully saturated rings. The van der Waals surface area contributed by atoms with Gasteiger partial charge in [0.2, 0.25) is 0 Å². The van der Waals surface area contributed by atoms with Crippen molar-refractivity contribution in [2.45, 2.75) is 19.3 Å². The fourth-order valence-corrected chi connectivity index (χ4v) is 1.27. The van der Waals surface area contributed by atoms with Crippen LogP contribution in [0.25, 0.3) is 0 Å². The maximum absolute atomic E-state index is 10.1. The van der Waals surface area contributed by atoms with Crippen molar-refractivity contribution in [2.75, 3.05) is 6.54 Å². The average Bonchev–Trinajstić information content (AvgIpc) is 2.03. The van der Waals surface area contributed by atoms with Crippen LogP contribution in [-0.4, -0.2) is 17.7 Å². The van der Waals surface area contributed by atoms with Crippen LogP contribution in [0.5, 0.6) is 0 Å². The number of hydrogen-bond acceptors (Lipinski definition) is 1. The number of nitrogens with one attached hydrogen (secondary N) is 1. The number of allylic oxidation sites excluding steroid dienone is 2. The van der Waals surface area contributed by atoms with Gasteiger partial charge in [0.05, 0.1) is 0 Å². The zero-order chi connectivity index (χ0) is 8.10. The normalized spacial score (nSPS) is 23.1. The highest BCUT2D eigenvalue weighted by atomic mass is 16.4. The standard InChI is InChI=1S/C8H13NO2/c10-8(11)9-6-7-4-2-1-3-5-7/h1-2,7,9H,3-6H2,(H,10,11). The van der Waals surface area contributed by atoms with E-state index in [1.165, 1.54) is 0 Å². The van der Waals surface area contributed by atoms with Crippen molar-refractivity contribution in [3.05, 3.63) is 12.2 Å². The van der Waals surface area contributed by atoms with Crippen LogP contribution < -0.4 is 5.32 Å². The SMILES string of the molecule is O=C(O)NCC1CC=CCC1. The molecule has 11 heavy (non-hydrogen) atoms. The highest BCUT2D eigenvalue weighted by Crippen LogP contribution is 2.16. The van der Waals surface area contributed by atoms with Gasteiger partial charge < -0.3 is 10.4 Å². The molecule has 1 aliphatic rings. The molecule has 0 heterocycles. The van der Waals surface area contributed by atoms with Gasteiger partial charge >= 0.3 is 6.09 Å². The highest BCUT2D eigenvalue weighted by Gasteiger charge is 2.09. The summed E-state index contributed by atoms with van der Waals surface area (Å²) in [6.45, 7) is 0.597. The van der Waals surface area contributed by atoms with Crippen molar-refractivity contribution in [2.24, 2.45) is 5.92 Å². The van der Waals surface area contributed by atoms with Gasteiger partial charge in [-0.3, -0.25) is 0 Å². The Labute approximate surface area is 66.1 Å². The topological polar surface area (TPSA) is 49.3 Å². The van der Waals surface area contributed by atoms with Gasteiger partial charge in [-0.15, -0.1) is 0 Å². The molecule has 3 heteroatoms. The van der Waals surface area contributed by atoms with Crippen molar-refractivity contribution >= 4 is 6.09 Å². The summed E-state index contributed by atoms with van der Waals surface area (Å²) in [5.41, 5.74) is 0. The molecule has 0 spiro atoms. The monoisotopic (exact) mass is 155 g/mol. The Morgan fingerprint density at radius 2 is 2.45 bits per heavy atom. The summed E-state index contributed by atoms with van der Waals surface area (Å²) < 4.78 is 0. The molecule has 62 valence electrons. The quantitative estimate of drug-likeness (QED) is 0.595. The molecule has 0 saturated carbocycles. The second kappa shape index (κ2) is 4.01. The number of carbonyl (C=O) groups is 1. The minimum absolute atomic E-state index is 0.510. The number of amides is 1. The van der Waals surface area contributed by atoms with Crippen LogP contribution >= 0.6 is 0 Å². The number of carboxylic acid groups (broad SMARTS) is 1. The van der Waals surface area contributed by atoms with Crippen LogP contribution in [0, 0.1) is 5.92 Å². The Morgan fingerprint density at radius 1 is 1.64 bits per heavy atom. The van der Waals surface area contributed by atoms with E-state index in [4.69, 9.17) is 5.11 Å². The average molecular weight is 155 g/mol. The van der Waals surface area contributed by atoms with E-state index in [0.29, 0.717) is 12.5 Å². The van der Waals surface area contributed by atoms with Gasteiger partial charge in [-0.25, -0.2) is 4.79 Å². The summed E-state index contributed by atoms with van der Waals surface area (Å²) in [5.74, 6) is 0.510. The lowest BCUT2D eigenvalue weighted by Crippen LogP contribution is -2.27. The maximum Gasteiger partial charge on any atom is 0.404 e. The number of hydrogen-bond donors (Lipinski definition) is 2. The second-order valence-electron chi connectivity index (χ2n) is 2.84. The molecule has 1 amide bonds. The Balaban J connectivity index is 2.16. The van der Waals surface area contributed by atoms with E-state index in [-0.39, 0.29) is 0 Å². The van der Waals surface area contributed by atoms with Gasteiger partial charge in [-0.05, 0) is 25.2 Å². The molecule has 0 saturated heterocycles. The summed E-state index contributed by atoms with van der Waals surface area (Å²) in [6.07, 6.45) is 6.57. The molecule has 0 aromatic rings. The molecular formula is C8H13NO2. The molecule has 2 N–H and O–H groups in total. The van der Waals surface area contributed by atoms with E-state index < -0.39 is 6.09 Å².